The zero-order valence-electron chi connectivity index (χ0n) is 11.3. The van der Waals surface area contributed by atoms with Gasteiger partial charge in [-0.15, -0.1) is 0 Å². The highest BCUT2D eigenvalue weighted by Crippen LogP contribution is 2.15. The standard InChI is InChI=1S/C16H17ClN2O/c1-12(14-7-9-15(17)10-8-14)19-16(20)18-11-13-5-3-2-4-6-13/h2-10,12H,11H2,1H3,(H2,18,19,20)/t12-/m1/s1. The van der Waals surface area contributed by atoms with E-state index >= 15 is 0 Å². The second kappa shape index (κ2) is 6.96. The molecule has 0 fully saturated rings. The van der Waals surface area contributed by atoms with Gasteiger partial charge in [-0.1, -0.05) is 54.1 Å². The number of hydrogen-bond donors (Lipinski definition) is 2. The Bertz CT molecular complexity index is 554. The molecule has 0 aromatic heterocycles. The SMILES string of the molecule is C[C@@H](NC(=O)NCc1ccccc1)c1ccc(Cl)cc1. The molecule has 0 saturated heterocycles. The smallest absolute Gasteiger partial charge is 0.315 e. The van der Waals surface area contributed by atoms with Gasteiger partial charge in [-0.3, -0.25) is 0 Å². The van der Waals surface area contributed by atoms with Crippen molar-refractivity contribution in [3.05, 3.63) is 70.7 Å². The molecule has 0 aliphatic carbocycles. The predicted molar refractivity (Wildman–Crippen MR) is 81.7 cm³/mol. The molecule has 0 heterocycles. The Labute approximate surface area is 124 Å². The Morgan fingerprint density at radius 2 is 1.75 bits per heavy atom. The molecular weight excluding hydrogens is 272 g/mol. The number of carbonyl (C=O) groups is 1. The van der Waals surface area contributed by atoms with Crippen LogP contribution in [0, 0.1) is 0 Å². The van der Waals surface area contributed by atoms with Crippen molar-refractivity contribution in [1.82, 2.24) is 10.6 Å². The summed E-state index contributed by atoms with van der Waals surface area (Å²) in [6.07, 6.45) is 0. The van der Waals surface area contributed by atoms with Crippen LogP contribution in [0.3, 0.4) is 0 Å². The first-order valence-corrected chi connectivity index (χ1v) is 6.86. The molecule has 2 N–H and O–H groups in total. The highest BCUT2D eigenvalue weighted by Gasteiger charge is 2.08. The van der Waals surface area contributed by atoms with Crippen LogP contribution in [0.2, 0.25) is 5.02 Å². The molecule has 0 aliphatic rings. The first kappa shape index (κ1) is 14.4. The molecule has 1 atom stereocenters. The Morgan fingerprint density at radius 1 is 1.10 bits per heavy atom. The van der Waals surface area contributed by atoms with Crippen molar-refractivity contribution in [2.45, 2.75) is 19.5 Å². The zero-order chi connectivity index (χ0) is 14.4. The molecule has 0 aliphatic heterocycles. The van der Waals surface area contributed by atoms with Crippen molar-refractivity contribution >= 4 is 17.6 Å². The summed E-state index contributed by atoms with van der Waals surface area (Å²) in [6.45, 7) is 2.45. The lowest BCUT2D eigenvalue weighted by Gasteiger charge is -2.15. The third-order valence-electron chi connectivity index (χ3n) is 3.01. The number of carbonyl (C=O) groups excluding carboxylic acids is 1. The third-order valence-corrected chi connectivity index (χ3v) is 3.27. The first-order valence-electron chi connectivity index (χ1n) is 6.49. The van der Waals surface area contributed by atoms with Crippen molar-refractivity contribution in [2.75, 3.05) is 0 Å². The molecule has 0 saturated carbocycles. The van der Waals surface area contributed by atoms with Gasteiger partial charge < -0.3 is 10.6 Å². The van der Waals surface area contributed by atoms with Gasteiger partial charge in [-0.05, 0) is 30.2 Å². The van der Waals surface area contributed by atoms with Gasteiger partial charge >= 0.3 is 6.03 Å². The lowest BCUT2D eigenvalue weighted by molar-refractivity contribution is 0.237. The molecule has 2 amide bonds. The fourth-order valence-electron chi connectivity index (χ4n) is 1.86. The second-order valence-electron chi connectivity index (χ2n) is 4.59. The van der Waals surface area contributed by atoms with Gasteiger partial charge in [0, 0.05) is 11.6 Å². The van der Waals surface area contributed by atoms with Crippen molar-refractivity contribution in [2.24, 2.45) is 0 Å². The fraction of sp³-hybridized carbons (Fsp3) is 0.188. The Balaban J connectivity index is 1.83. The number of halogens is 1. The van der Waals surface area contributed by atoms with E-state index in [1.165, 1.54) is 0 Å². The molecule has 20 heavy (non-hydrogen) atoms. The van der Waals surface area contributed by atoms with Gasteiger partial charge in [0.1, 0.15) is 0 Å². The average molecular weight is 289 g/mol. The third kappa shape index (κ3) is 4.28. The summed E-state index contributed by atoms with van der Waals surface area (Å²) in [4.78, 5) is 11.8. The van der Waals surface area contributed by atoms with E-state index in [9.17, 15) is 4.79 Å². The van der Waals surface area contributed by atoms with Gasteiger partial charge in [0.25, 0.3) is 0 Å². The predicted octanol–water partition coefficient (Wildman–Crippen LogP) is 3.90. The summed E-state index contributed by atoms with van der Waals surface area (Å²) in [7, 11) is 0. The van der Waals surface area contributed by atoms with Crippen molar-refractivity contribution < 1.29 is 4.79 Å². The van der Waals surface area contributed by atoms with E-state index in [1.807, 2.05) is 61.5 Å². The lowest BCUT2D eigenvalue weighted by atomic mass is 10.1. The van der Waals surface area contributed by atoms with E-state index in [0.717, 1.165) is 11.1 Å². The van der Waals surface area contributed by atoms with Crippen LogP contribution in [0.15, 0.2) is 54.6 Å². The maximum Gasteiger partial charge on any atom is 0.315 e. The lowest BCUT2D eigenvalue weighted by Crippen LogP contribution is -2.36. The number of rotatable bonds is 4. The molecule has 2 rings (SSSR count). The molecule has 0 spiro atoms. The molecule has 3 nitrogen and oxygen atoms in total. The highest BCUT2D eigenvalue weighted by atomic mass is 35.5. The normalized spacial score (nSPS) is 11.7. The highest BCUT2D eigenvalue weighted by molar-refractivity contribution is 6.30. The molecule has 2 aromatic rings. The Hall–Kier alpha value is -2.00. The molecule has 2 aromatic carbocycles. The molecule has 0 unspecified atom stereocenters. The van der Waals surface area contributed by atoms with E-state index in [1.54, 1.807) is 0 Å². The van der Waals surface area contributed by atoms with Crippen molar-refractivity contribution in [1.29, 1.82) is 0 Å². The van der Waals surface area contributed by atoms with Crippen LogP contribution in [0.1, 0.15) is 24.1 Å². The van der Waals surface area contributed by atoms with Gasteiger partial charge in [-0.2, -0.15) is 0 Å². The average Bonchev–Trinajstić information content (AvgIpc) is 2.47. The van der Waals surface area contributed by atoms with E-state index in [4.69, 9.17) is 11.6 Å². The maximum absolute atomic E-state index is 11.8. The summed E-state index contributed by atoms with van der Waals surface area (Å²) in [6, 6.07) is 17.0. The minimum atomic E-state index is -0.184. The van der Waals surface area contributed by atoms with Crippen LogP contribution in [0.4, 0.5) is 4.79 Å². The number of nitrogens with one attached hydrogen (secondary N) is 2. The topological polar surface area (TPSA) is 41.1 Å². The monoisotopic (exact) mass is 288 g/mol. The molecule has 104 valence electrons. The van der Waals surface area contributed by atoms with Crippen LogP contribution in [0.5, 0.6) is 0 Å². The second-order valence-corrected chi connectivity index (χ2v) is 5.02. The van der Waals surface area contributed by atoms with Crippen LogP contribution in [0.25, 0.3) is 0 Å². The van der Waals surface area contributed by atoms with Crippen LogP contribution in [-0.4, -0.2) is 6.03 Å². The first-order chi connectivity index (χ1) is 9.65. The Morgan fingerprint density at radius 3 is 2.40 bits per heavy atom. The molecular formula is C16H17ClN2O. The quantitative estimate of drug-likeness (QED) is 0.880. The number of urea groups is 1. The summed E-state index contributed by atoms with van der Waals surface area (Å²) in [5, 5.41) is 6.42. The van der Waals surface area contributed by atoms with Gasteiger partial charge in [0.05, 0.1) is 6.04 Å². The molecule has 4 heteroatoms. The summed E-state index contributed by atoms with van der Waals surface area (Å²) >= 11 is 5.84. The summed E-state index contributed by atoms with van der Waals surface area (Å²) in [5.74, 6) is 0. The van der Waals surface area contributed by atoms with Crippen LogP contribution in [-0.2, 0) is 6.54 Å². The van der Waals surface area contributed by atoms with Gasteiger partial charge in [-0.25, -0.2) is 4.79 Å². The van der Waals surface area contributed by atoms with Crippen LogP contribution < -0.4 is 10.6 Å². The number of hydrogen-bond acceptors (Lipinski definition) is 1. The Kier molecular flexibility index (Phi) is 5.02. The van der Waals surface area contributed by atoms with Gasteiger partial charge in [0.2, 0.25) is 0 Å². The van der Waals surface area contributed by atoms with Crippen LogP contribution >= 0.6 is 11.6 Å². The summed E-state index contributed by atoms with van der Waals surface area (Å²) in [5.41, 5.74) is 2.09. The van der Waals surface area contributed by atoms with E-state index in [-0.39, 0.29) is 12.1 Å². The van der Waals surface area contributed by atoms with E-state index < -0.39 is 0 Å². The number of benzene rings is 2. The number of amides is 2. The van der Waals surface area contributed by atoms with E-state index in [2.05, 4.69) is 10.6 Å². The van der Waals surface area contributed by atoms with Crippen molar-refractivity contribution in [3.8, 4) is 0 Å². The van der Waals surface area contributed by atoms with Gasteiger partial charge in [0.15, 0.2) is 0 Å². The fourth-order valence-corrected chi connectivity index (χ4v) is 1.99. The molecule has 0 bridgehead atoms. The minimum Gasteiger partial charge on any atom is -0.334 e. The largest absolute Gasteiger partial charge is 0.334 e. The van der Waals surface area contributed by atoms with E-state index in [0.29, 0.717) is 11.6 Å². The zero-order valence-corrected chi connectivity index (χ0v) is 12.0. The molecule has 0 radical (unpaired) electrons. The summed E-state index contributed by atoms with van der Waals surface area (Å²) < 4.78 is 0. The minimum absolute atomic E-state index is 0.0666. The maximum atomic E-state index is 11.8. The van der Waals surface area contributed by atoms with Crippen molar-refractivity contribution in [3.63, 3.8) is 0 Å².